The maximum absolute atomic E-state index is 13.6. The lowest BCUT2D eigenvalue weighted by Gasteiger charge is -2.37. The number of aromatic nitrogens is 3. The summed E-state index contributed by atoms with van der Waals surface area (Å²) in [5.74, 6) is 0. The van der Waals surface area contributed by atoms with Gasteiger partial charge < -0.3 is 5.11 Å². The second kappa shape index (κ2) is 9.21. The van der Waals surface area contributed by atoms with Gasteiger partial charge in [-0.3, -0.25) is 0 Å². The molecule has 1 N–H and O–H groups in total. The molecule has 0 radical (unpaired) electrons. The number of fused-ring (bicyclic) bond motifs is 2. The highest BCUT2D eigenvalue weighted by Gasteiger charge is 2.39. The quantitative estimate of drug-likeness (QED) is 0.340. The van der Waals surface area contributed by atoms with Gasteiger partial charge in [0.05, 0.1) is 11.1 Å². The van der Waals surface area contributed by atoms with Gasteiger partial charge in [0.15, 0.2) is 11.0 Å². The standard InChI is InChI=1S/C27H24N4O4S2/c1-18-6-9-20(10-7-18)27(32)14-16-31(17-15-27)37(33,34)23-12-11-22(25-26(23)30-35-29-25)36-24-13-8-19-4-2-3-5-21(19)28-24/h2-13,32H,14-17H2,1H3. The van der Waals surface area contributed by atoms with Crippen LogP contribution in [0.5, 0.6) is 0 Å². The van der Waals surface area contributed by atoms with E-state index in [1.165, 1.54) is 16.1 Å². The molecule has 8 nitrogen and oxygen atoms in total. The van der Waals surface area contributed by atoms with E-state index >= 15 is 0 Å². The van der Waals surface area contributed by atoms with Crippen LogP contribution in [-0.4, -0.2) is 46.2 Å². The van der Waals surface area contributed by atoms with Crippen molar-refractivity contribution >= 4 is 43.7 Å². The Morgan fingerprint density at radius 3 is 2.43 bits per heavy atom. The number of benzene rings is 3. The number of rotatable bonds is 5. The van der Waals surface area contributed by atoms with Gasteiger partial charge in [-0.05, 0) is 59.9 Å². The lowest BCUT2D eigenvalue weighted by atomic mass is 9.85. The van der Waals surface area contributed by atoms with E-state index in [0.29, 0.717) is 23.3 Å². The van der Waals surface area contributed by atoms with E-state index in [9.17, 15) is 13.5 Å². The van der Waals surface area contributed by atoms with Gasteiger partial charge in [-0.2, -0.15) is 4.31 Å². The normalized spacial score (nSPS) is 16.4. The summed E-state index contributed by atoms with van der Waals surface area (Å²) in [6.07, 6.45) is 0.605. The number of nitrogens with zero attached hydrogens (tertiary/aromatic N) is 4. The molecule has 0 spiro atoms. The molecule has 6 rings (SSSR count). The molecule has 0 bridgehead atoms. The Bertz CT molecular complexity index is 1710. The van der Waals surface area contributed by atoms with E-state index in [-0.39, 0.29) is 23.5 Å². The minimum atomic E-state index is -3.88. The zero-order valence-corrected chi connectivity index (χ0v) is 21.7. The third-order valence-electron chi connectivity index (χ3n) is 6.89. The summed E-state index contributed by atoms with van der Waals surface area (Å²) >= 11 is 1.37. The van der Waals surface area contributed by atoms with Crippen molar-refractivity contribution in [3.8, 4) is 0 Å². The average Bonchev–Trinajstić information content (AvgIpc) is 3.40. The van der Waals surface area contributed by atoms with E-state index in [2.05, 4.69) is 15.3 Å². The van der Waals surface area contributed by atoms with Crippen LogP contribution in [0.3, 0.4) is 0 Å². The molecule has 1 saturated heterocycles. The van der Waals surface area contributed by atoms with Crippen LogP contribution in [-0.2, 0) is 15.6 Å². The fraction of sp³-hybridized carbons (Fsp3) is 0.222. The average molecular weight is 533 g/mol. The van der Waals surface area contributed by atoms with Crippen LogP contribution < -0.4 is 0 Å². The van der Waals surface area contributed by atoms with Crippen molar-refractivity contribution < 1.29 is 18.2 Å². The van der Waals surface area contributed by atoms with Gasteiger partial charge in [-0.25, -0.2) is 18.0 Å². The summed E-state index contributed by atoms with van der Waals surface area (Å²) in [6, 6.07) is 22.7. The number of piperidine rings is 1. The molecule has 0 unspecified atom stereocenters. The minimum absolute atomic E-state index is 0.0420. The molecule has 1 aliphatic heterocycles. The zero-order chi connectivity index (χ0) is 25.6. The highest BCUT2D eigenvalue weighted by molar-refractivity contribution is 7.99. The molecule has 0 aliphatic carbocycles. The van der Waals surface area contributed by atoms with Crippen LogP contribution in [0.4, 0.5) is 0 Å². The number of sulfonamides is 1. The van der Waals surface area contributed by atoms with Crippen LogP contribution in [0.2, 0.25) is 0 Å². The summed E-state index contributed by atoms with van der Waals surface area (Å²) in [6.45, 7) is 2.37. The predicted octanol–water partition coefficient (Wildman–Crippen LogP) is 4.90. The van der Waals surface area contributed by atoms with Crippen molar-refractivity contribution in [3.05, 3.63) is 83.9 Å². The first-order valence-electron chi connectivity index (χ1n) is 11.9. The molecule has 1 fully saturated rings. The first-order valence-corrected chi connectivity index (χ1v) is 14.2. The summed E-state index contributed by atoms with van der Waals surface area (Å²) < 4.78 is 33.6. The van der Waals surface area contributed by atoms with Crippen molar-refractivity contribution in [3.63, 3.8) is 0 Å². The summed E-state index contributed by atoms with van der Waals surface area (Å²) in [5.41, 5.74) is 2.28. The molecule has 188 valence electrons. The van der Waals surface area contributed by atoms with Crippen molar-refractivity contribution in [2.75, 3.05) is 13.1 Å². The van der Waals surface area contributed by atoms with Crippen molar-refractivity contribution in [2.45, 2.75) is 40.2 Å². The van der Waals surface area contributed by atoms with Crippen molar-refractivity contribution in [1.29, 1.82) is 0 Å². The maximum Gasteiger partial charge on any atom is 0.245 e. The third kappa shape index (κ3) is 4.40. The van der Waals surface area contributed by atoms with Crippen LogP contribution in [0.25, 0.3) is 21.9 Å². The van der Waals surface area contributed by atoms with Gasteiger partial charge in [-0.1, -0.05) is 65.9 Å². The number of hydrogen-bond acceptors (Lipinski definition) is 8. The van der Waals surface area contributed by atoms with Gasteiger partial charge in [0.2, 0.25) is 10.0 Å². The Morgan fingerprint density at radius 1 is 0.919 bits per heavy atom. The Morgan fingerprint density at radius 2 is 1.65 bits per heavy atom. The molecule has 0 atom stereocenters. The Hall–Kier alpha value is -3.31. The second-order valence-corrected chi connectivity index (χ2v) is 12.2. The summed E-state index contributed by atoms with van der Waals surface area (Å²) in [7, 11) is -3.88. The molecule has 5 aromatic rings. The van der Waals surface area contributed by atoms with Crippen LogP contribution in [0.1, 0.15) is 24.0 Å². The Balaban J connectivity index is 1.26. The number of aliphatic hydroxyl groups is 1. The molecule has 0 amide bonds. The van der Waals surface area contributed by atoms with Crippen LogP contribution >= 0.6 is 11.8 Å². The molecule has 37 heavy (non-hydrogen) atoms. The number of para-hydroxylation sites is 1. The Kier molecular flexibility index (Phi) is 5.99. The first kappa shape index (κ1) is 24.1. The van der Waals surface area contributed by atoms with Crippen molar-refractivity contribution in [1.82, 2.24) is 19.6 Å². The third-order valence-corrected chi connectivity index (χ3v) is 9.80. The lowest BCUT2D eigenvalue weighted by Crippen LogP contribution is -2.45. The van der Waals surface area contributed by atoms with E-state index in [0.717, 1.165) is 27.1 Å². The predicted molar refractivity (Wildman–Crippen MR) is 141 cm³/mol. The Labute approximate surface area is 218 Å². The number of hydrogen-bond donors (Lipinski definition) is 1. The minimum Gasteiger partial charge on any atom is -0.385 e. The molecule has 2 aromatic heterocycles. The van der Waals surface area contributed by atoms with E-state index in [1.807, 2.05) is 67.6 Å². The highest BCUT2D eigenvalue weighted by Crippen LogP contribution is 2.38. The highest BCUT2D eigenvalue weighted by atomic mass is 32.2. The fourth-order valence-corrected chi connectivity index (χ4v) is 7.15. The van der Waals surface area contributed by atoms with Gasteiger partial charge >= 0.3 is 0 Å². The van der Waals surface area contributed by atoms with Crippen molar-refractivity contribution in [2.24, 2.45) is 0 Å². The number of pyridine rings is 1. The smallest absolute Gasteiger partial charge is 0.245 e. The van der Waals surface area contributed by atoms with E-state index < -0.39 is 15.6 Å². The molecule has 3 aromatic carbocycles. The molecular formula is C27H24N4O4S2. The number of aryl methyl sites for hydroxylation is 1. The lowest BCUT2D eigenvalue weighted by molar-refractivity contribution is -0.00961. The molecule has 10 heteroatoms. The van der Waals surface area contributed by atoms with E-state index in [4.69, 9.17) is 4.63 Å². The molecule has 1 aliphatic rings. The SMILES string of the molecule is Cc1ccc(C2(O)CCN(S(=O)(=O)c3ccc(Sc4ccc5ccccc5n4)c4nonc34)CC2)cc1. The zero-order valence-electron chi connectivity index (χ0n) is 20.0. The molecule has 3 heterocycles. The summed E-state index contributed by atoms with van der Waals surface area (Å²) in [5, 5.41) is 20.9. The fourth-order valence-electron chi connectivity index (χ4n) is 4.72. The summed E-state index contributed by atoms with van der Waals surface area (Å²) in [4.78, 5) is 5.43. The van der Waals surface area contributed by atoms with E-state index in [1.54, 1.807) is 12.1 Å². The first-order chi connectivity index (χ1) is 17.8. The topological polar surface area (TPSA) is 109 Å². The molecule has 0 saturated carbocycles. The second-order valence-electron chi connectivity index (χ2n) is 9.27. The van der Waals surface area contributed by atoms with Gasteiger partial charge in [0, 0.05) is 23.4 Å². The van der Waals surface area contributed by atoms with Crippen LogP contribution in [0, 0.1) is 6.92 Å². The monoisotopic (exact) mass is 532 g/mol. The maximum atomic E-state index is 13.6. The van der Waals surface area contributed by atoms with Crippen LogP contribution in [0.15, 0.2) is 92.2 Å². The largest absolute Gasteiger partial charge is 0.385 e. The van der Waals surface area contributed by atoms with Gasteiger partial charge in [0.1, 0.15) is 9.92 Å². The van der Waals surface area contributed by atoms with Gasteiger partial charge in [-0.15, -0.1) is 0 Å². The van der Waals surface area contributed by atoms with Gasteiger partial charge in [0.25, 0.3) is 0 Å². The molecular weight excluding hydrogens is 508 g/mol.